The van der Waals surface area contributed by atoms with Crippen molar-refractivity contribution in [2.75, 3.05) is 5.73 Å². The maximum absolute atomic E-state index is 5.57. The molecule has 0 aliphatic heterocycles. The summed E-state index contributed by atoms with van der Waals surface area (Å²) < 4.78 is 2.12. The van der Waals surface area contributed by atoms with Crippen molar-refractivity contribution < 1.29 is 0 Å². The number of anilines is 1. The van der Waals surface area contributed by atoms with Crippen LogP contribution in [0.2, 0.25) is 0 Å². The van der Waals surface area contributed by atoms with Crippen molar-refractivity contribution in [3.8, 4) is 11.4 Å². The molecule has 86 valence electrons. The molecule has 3 rings (SSSR count). The molecule has 6 heteroatoms. The molecule has 3 aromatic heterocycles. The first kappa shape index (κ1) is 10.2. The quantitative estimate of drug-likeness (QED) is 0.712. The van der Waals surface area contributed by atoms with E-state index in [1.807, 2.05) is 0 Å². The van der Waals surface area contributed by atoms with Gasteiger partial charge in [-0.05, 0) is 25.5 Å². The zero-order valence-corrected chi connectivity index (χ0v) is 10.3. The second-order valence-corrected chi connectivity index (χ2v) is 5.19. The Labute approximate surface area is 102 Å². The summed E-state index contributed by atoms with van der Waals surface area (Å²) in [5.74, 6) is 0.198. The van der Waals surface area contributed by atoms with E-state index in [4.69, 9.17) is 5.73 Å². The van der Waals surface area contributed by atoms with Crippen LogP contribution in [0.4, 0.5) is 5.95 Å². The van der Waals surface area contributed by atoms with Gasteiger partial charge in [0.05, 0.1) is 11.9 Å². The summed E-state index contributed by atoms with van der Waals surface area (Å²) in [6.07, 6.45) is 3.73. The van der Waals surface area contributed by atoms with Gasteiger partial charge >= 0.3 is 0 Å². The summed E-state index contributed by atoms with van der Waals surface area (Å²) >= 11 is 1.75. The van der Waals surface area contributed by atoms with E-state index in [2.05, 4.69) is 45.7 Å². The van der Waals surface area contributed by atoms with E-state index in [-0.39, 0.29) is 5.95 Å². The third-order valence-corrected chi connectivity index (χ3v) is 3.54. The topological polar surface area (TPSA) is 69.1 Å². The van der Waals surface area contributed by atoms with Crippen molar-refractivity contribution in [1.82, 2.24) is 19.6 Å². The number of rotatable bonds is 1. The molecular weight excluding hydrogens is 234 g/mol. The van der Waals surface area contributed by atoms with Crippen LogP contribution in [-0.2, 0) is 0 Å². The fraction of sp³-hybridized carbons (Fsp3) is 0.182. The first-order valence-corrected chi connectivity index (χ1v) is 6.00. The number of aromatic nitrogens is 4. The van der Waals surface area contributed by atoms with Crippen LogP contribution < -0.4 is 5.73 Å². The maximum atomic E-state index is 5.57. The number of nitrogen functional groups attached to an aromatic ring is 1. The normalized spacial score (nSPS) is 11.2. The van der Waals surface area contributed by atoms with Crippen LogP contribution in [0.15, 0.2) is 18.5 Å². The number of aryl methyl sites for hydroxylation is 2. The van der Waals surface area contributed by atoms with E-state index < -0.39 is 0 Å². The summed E-state index contributed by atoms with van der Waals surface area (Å²) in [4.78, 5) is 6.69. The van der Waals surface area contributed by atoms with Crippen LogP contribution in [0.3, 0.4) is 0 Å². The van der Waals surface area contributed by atoms with E-state index in [9.17, 15) is 0 Å². The molecule has 0 aliphatic carbocycles. The van der Waals surface area contributed by atoms with Gasteiger partial charge in [-0.3, -0.25) is 0 Å². The summed E-state index contributed by atoms with van der Waals surface area (Å²) in [5.41, 5.74) is 8.53. The summed E-state index contributed by atoms with van der Waals surface area (Å²) in [7, 11) is 0. The van der Waals surface area contributed by atoms with E-state index >= 15 is 0 Å². The largest absolute Gasteiger partial charge is 0.366 e. The summed E-state index contributed by atoms with van der Waals surface area (Å²) in [6.45, 7) is 4.14. The Morgan fingerprint density at radius 2 is 2.18 bits per heavy atom. The first-order chi connectivity index (χ1) is 8.15. The van der Waals surface area contributed by atoms with Crippen molar-refractivity contribution in [3.05, 3.63) is 28.9 Å². The van der Waals surface area contributed by atoms with Gasteiger partial charge in [-0.1, -0.05) is 0 Å². The van der Waals surface area contributed by atoms with Crippen LogP contribution in [0.25, 0.3) is 16.2 Å². The number of hydrogen-bond acceptors (Lipinski definition) is 5. The van der Waals surface area contributed by atoms with Gasteiger partial charge in [-0.2, -0.15) is 5.10 Å². The number of hydrogen-bond donors (Lipinski definition) is 1. The molecule has 0 radical (unpaired) electrons. The van der Waals surface area contributed by atoms with E-state index in [1.165, 1.54) is 9.71 Å². The molecule has 0 unspecified atom stereocenters. The Balaban J connectivity index is 2.32. The minimum absolute atomic E-state index is 0.198. The van der Waals surface area contributed by atoms with E-state index in [1.54, 1.807) is 17.5 Å². The van der Waals surface area contributed by atoms with E-state index in [0.717, 1.165) is 17.0 Å². The molecular formula is C11H11N5S. The zero-order chi connectivity index (χ0) is 12.0. The first-order valence-electron chi connectivity index (χ1n) is 5.19. The van der Waals surface area contributed by atoms with Crippen molar-refractivity contribution in [2.24, 2.45) is 0 Å². The third-order valence-electron chi connectivity index (χ3n) is 2.59. The van der Waals surface area contributed by atoms with Crippen molar-refractivity contribution in [2.45, 2.75) is 13.8 Å². The van der Waals surface area contributed by atoms with Gasteiger partial charge in [0.1, 0.15) is 10.5 Å². The van der Waals surface area contributed by atoms with Crippen molar-refractivity contribution in [1.29, 1.82) is 0 Å². The fourth-order valence-corrected chi connectivity index (χ4v) is 2.93. The Kier molecular flexibility index (Phi) is 2.12. The average molecular weight is 245 g/mol. The molecule has 0 fully saturated rings. The lowest BCUT2D eigenvalue weighted by Crippen LogP contribution is -1.99. The highest BCUT2D eigenvalue weighted by atomic mass is 32.1. The summed E-state index contributed by atoms with van der Waals surface area (Å²) in [6, 6.07) is 2.14. The molecule has 3 aromatic rings. The molecule has 0 spiro atoms. The fourth-order valence-electron chi connectivity index (χ4n) is 1.96. The number of nitrogens with two attached hydrogens (primary N) is 1. The van der Waals surface area contributed by atoms with Gasteiger partial charge in [-0.15, -0.1) is 16.4 Å². The maximum Gasteiger partial charge on any atom is 0.240 e. The molecule has 5 nitrogen and oxygen atoms in total. The minimum atomic E-state index is 0.198. The van der Waals surface area contributed by atoms with Gasteiger partial charge in [0.2, 0.25) is 5.95 Å². The Bertz CT molecular complexity index is 697. The predicted molar refractivity (Wildman–Crippen MR) is 68.0 cm³/mol. The highest BCUT2D eigenvalue weighted by Gasteiger charge is 2.13. The Hall–Kier alpha value is -1.95. The van der Waals surface area contributed by atoms with Crippen LogP contribution in [0, 0.1) is 13.8 Å². The number of thiazole rings is 1. The highest BCUT2D eigenvalue weighted by Crippen LogP contribution is 2.29. The lowest BCUT2D eigenvalue weighted by molar-refractivity contribution is 0.982. The van der Waals surface area contributed by atoms with Crippen LogP contribution in [0.5, 0.6) is 0 Å². The number of fused-ring (bicyclic) bond motifs is 1. The number of nitrogens with zero attached hydrogens (tertiary/aromatic N) is 4. The van der Waals surface area contributed by atoms with Crippen molar-refractivity contribution >= 4 is 22.1 Å². The smallest absolute Gasteiger partial charge is 0.240 e. The monoisotopic (exact) mass is 245 g/mol. The Morgan fingerprint density at radius 1 is 1.35 bits per heavy atom. The molecule has 0 aromatic carbocycles. The molecule has 0 aliphatic rings. The molecule has 3 heterocycles. The van der Waals surface area contributed by atoms with Crippen LogP contribution in [0.1, 0.15) is 10.4 Å². The molecule has 0 saturated heterocycles. The highest BCUT2D eigenvalue weighted by molar-refractivity contribution is 7.17. The van der Waals surface area contributed by atoms with Gasteiger partial charge in [0, 0.05) is 11.1 Å². The lowest BCUT2D eigenvalue weighted by atomic mass is 10.2. The predicted octanol–water partition coefficient (Wildman–Crippen LogP) is 2.05. The van der Waals surface area contributed by atoms with Crippen LogP contribution in [-0.4, -0.2) is 19.6 Å². The molecule has 0 atom stereocenters. The van der Waals surface area contributed by atoms with Gasteiger partial charge in [-0.25, -0.2) is 4.98 Å². The molecule has 0 saturated carbocycles. The zero-order valence-electron chi connectivity index (χ0n) is 9.51. The van der Waals surface area contributed by atoms with E-state index in [0.29, 0.717) is 0 Å². The van der Waals surface area contributed by atoms with Crippen molar-refractivity contribution in [3.63, 3.8) is 0 Å². The molecule has 0 amide bonds. The van der Waals surface area contributed by atoms with Gasteiger partial charge < -0.3 is 10.1 Å². The van der Waals surface area contributed by atoms with Gasteiger partial charge in [0.25, 0.3) is 0 Å². The SMILES string of the molecule is Cc1cn2c(-c3cnnc(N)n3)c(C)cc2s1. The molecule has 0 bridgehead atoms. The second kappa shape index (κ2) is 3.53. The standard InChI is InChI=1S/C11H11N5S/c1-6-3-9-16(5-7(2)17-9)10(6)8-4-13-15-11(12)14-8/h3-5H,1-2H3,(H2,12,14,15). The second-order valence-electron chi connectivity index (χ2n) is 3.93. The molecule has 2 N–H and O–H groups in total. The third kappa shape index (κ3) is 1.57. The Morgan fingerprint density at radius 3 is 2.94 bits per heavy atom. The average Bonchev–Trinajstić information content (AvgIpc) is 2.72. The van der Waals surface area contributed by atoms with Gasteiger partial charge in [0.15, 0.2) is 0 Å². The summed E-state index contributed by atoms with van der Waals surface area (Å²) in [5, 5.41) is 7.52. The lowest BCUT2D eigenvalue weighted by Gasteiger charge is -2.01. The van der Waals surface area contributed by atoms with Crippen LogP contribution >= 0.6 is 11.3 Å². The minimum Gasteiger partial charge on any atom is -0.366 e. The molecule has 17 heavy (non-hydrogen) atoms.